The maximum atomic E-state index is 11.8. The number of carbonyl (C=O) groups is 2. The van der Waals surface area contributed by atoms with Gasteiger partial charge in [-0.1, -0.05) is 6.42 Å². The number of ether oxygens (including phenoxy) is 2. The molecule has 7 heteroatoms. The van der Waals surface area contributed by atoms with Gasteiger partial charge in [0.15, 0.2) is 0 Å². The average Bonchev–Trinajstić information content (AvgIpc) is 2.46. The number of carboxylic acid groups (broad SMARTS) is 1. The second kappa shape index (κ2) is 7.44. The summed E-state index contributed by atoms with van der Waals surface area (Å²) in [6.07, 6.45) is 2.77. The molecule has 1 aliphatic carbocycles. The molecule has 3 N–H and O–H groups in total. The van der Waals surface area contributed by atoms with Gasteiger partial charge in [0.25, 0.3) is 0 Å². The molecule has 1 saturated carbocycles. The first-order chi connectivity index (χ1) is 9.65. The second-order valence-electron chi connectivity index (χ2n) is 5.32. The largest absolute Gasteiger partial charge is 0.481 e. The van der Waals surface area contributed by atoms with Crippen molar-refractivity contribution >= 4 is 12.0 Å². The van der Waals surface area contributed by atoms with Crippen LogP contribution in [-0.4, -0.2) is 55.6 Å². The Balaban J connectivity index is 1.66. The van der Waals surface area contributed by atoms with Crippen molar-refractivity contribution < 1.29 is 24.2 Å². The molecule has 0 aromatic heterocycles. The lowest BCUT2D eigenvalue weighted by molar-refractivity contribution is -0.143. The Morgan fingerprint density at radius 1 is 1.25 bits per heavy atom. The molecule has 7 nitrogen and oxygen atoms in total. The molecule has 2 rings (SSSR count). The van der Waals surface area contributed by atoms with Crippen molar-refractivity contribution in [3.8, 4) is 0 Å². The van der Waals surface area contributed by atoms with Gasteiger partial charge in [-0.05, 0) is 19.3 Å². The molecule has 0 radical (unpaired) electrons. The topological polar surface area (TPSA) is 96.9 Å². The molecule has 3 atom stereocenters. The first-order valence-electron chi connectivity index (χ1n) is 7.11. The van der Waals surface area contributed by atoms with Crippen LogP contribution in [0.25, 0.3) is 0 Å². The van der Waals surface area contributed by atoms with E-state index in [-0.39, 0.29) is 24.1 Å². The number of urea groups is 1. The highest BCUT2D eigenvalue weighted by Gasteiger charge is 2.27. The average molecular weight is 286 g/mol. The first kappa shape index (κ1) is 15.1. The fourth-order valence-corrected chi connectivity index (χ4v) is 2.64. The minimum Gasteiger partial charge on any atom is -0.481 e. The molecule has 0 bridgehead atoms. The fraction of sp³-hybridized carbons (Fsp3) is 0.846. The molecular weight excluding hydrogens is 264 g/mol. The Morgan fingerprint density at radius 2 is 2.10 bits per heavy atom. The molecule has 1 aliphatic heterocycles. The number of amides is 2. The van der Waals surface area contributed by atoms with Gasteiger partial charge in [0, 0.05) is 12.6 Å². The van der Waals surface area contributed by atoms with E-state index in [1.807, 2.05) is 0 Å². The van der Waals surface area contributed by atoms with Gasteiger partial charge in [-0.25, -0.2) is 4.79 Å². The van der Waals surface area contributed by atoms with Crippen molar-refractivity contribution in [1.29, 1.82) is 0 Å². The molecule has 0 spiro atoms. The lowest BCUT2D eigenvalue weighted by atomic mass is 9.86. The van der Waals surface area contributed by atoms with E-state index in [2.05, 4.69) is 10.6 Å². The summed E-state index contributed by atoms with van der Waals surface area (Å²) in [4.78, 5) is 22.7. The summed E-state index contributed by atoms with van der Waals surface area (Å²) in [5, 5.41) is 14.6. The van der Waals surface area contributed by atoms with Gasteiger partial charge in [-0.2, -0.15) is 0 Å². The molecule has 0 aromatic carbocycles. The van der Waals surface area contributed by atoms with Crippen LogP contribution in [-0.2, 0) is 14.3 Å². The van der Waals surface area contributed by atoms with E-state index in [4.69, 9.17) is 14.6 Å². The highest BCUT2D eigenvalue weighted by atomic mass is 16.6. The molecule has 3 unspecified atom stereocenters. The number of carbonyl (C=O) groups excluding carboxylic acids is 1. The summed E-state index contributed by atoms with van der Waals surface area (Å²) in [5.41, 5.74) is 0. The van der Waals surface area contributed by atoms with E-state index >= 15 is 0 Å². The molecule has 2 aliphatic rings. The van der Waals surface area contributed by atoms with Crippen molar-refractivity contribution in [2.24, 2.45) is 5.92 Å². The molecule has 2 fully saturated rings. The summed E-state index contributed by atoms with van der Waals surface area (Å²) < 4.78 is 10.7. The van der Waals surface area contributed by atoms with Crippen LogP contribution >= 0.6 is 0 Å². The van der Waals surface area contributed by atoms with Crippen LogP contribution in [0.1, 0.15) is 25.7 Å². The van der Waals surface area contributed by atoms with Crippen LogP contribution in [0.2, 0.25) is 0 Å². The number of rotatable bonds is 4. The summed E-state index contributed by atoms with van der Waals surface area (Å²) in [5.74, 6) is -1.12. The van der Waals surface area contributed by atoms with Gasteiger partial charge in [-0.3, -0.25) is 4.79 Å². The molecule has 1 saturated heterocycles. The zero-order valence-corrected chi connectivity index (χ0v) is 11.5. The second-order valence-corrected chi connectivity index (χ2v) is 5.32. The van der Waals surface area contributed by atoms with Crippen LogP contribution in [0.5, 0.6) is 0 Å². The zero-order chi connectivity index (χ0) is 14.4. The lowest BCUT2D eigenvalue weighted by Gasteiger charge is -2.28. The highest BCUT2D eigenvalue weighted by Crippen LogP contribution is 2.24. The van der Waals surface area contributed by atoms with Crippen LogP contribution in [0.3, 0.4) is 0 Å². The van der Waals surface area contributed by atoms with Gasteiger partial charge < -0.3 is 25.2 Å². The number of hydrogen-bond donors (Lipinski definition) is 3. The van der Waals surface area contributed by atoms with Gasteiger partial charge in [-0.15, -0.1) is 0 Å². The Kier molecular flexibility index (Phi) is 5.60. The Morgan fingerprint density at radius 3 is 2.80 bits per heavy atom. The van der Waals surface area contributed by atoms with Crippen molar-refractivity contribution in [2.75, 3.05) is 26.4 Å². The van der Waals surface area contributed by atoms with E-state index < -0.39 is 5.97 Å². The Hall–Kier alpha value is -1.34. The molecule has 20 heavy (non-hydrogen) atoms. The standard InChI is InChI=1S/C13H22N2O5/c16-12(17)9-2-1-3-10(6-9)15-13(18)14-7-11-8-19-4-5-20-11/h9-11H,1-8H2,(H,16,17)(H2,14,15,18). The molecule has 0 aromatic rings. The van der Waals surface area contributed by atoms with Crippen molar-refractivity contribution in [3.05, 3.63) is 0 Å². The Bertz CT molecular complexity index is 344. The molecule has 2 amide bonds. The SMILES string of the molecule is O=C(NCC1COCCO1)NC1CCCC(C(=O)O)C1. The first-order valence-corrected chi connectivity index (χ1v) is 7.11. The van der Waals surface area contributed by atoms with E-state index in [0.29, 0.717) is 39.2 Å². The van der Waals surface area contributed by atoms with E-state index in [1.54, 1.807) is 0 Å². The quantitative estimate of drug-likeness (QED) is 0.692. The van der Waals surface area contributed by atoms with Crippen molar-refractivity contribution in [2.45, 2.75) is 37.8 Å². The summed E-state index contributed by atoms with van der Waals surface area (Å²) >= 11 is 0. The third kappa shape index (κ3) is 4.64. The molecular formula is C13H22N2O5. The normalized spacial score (nSPS) is 30.5. The number of hydrogen-bond acceptors (Lipinski definition) is 4. The maximum absolute atomic E-state index is 11.8. The summed E-state index contributed by atoms with van der Waals surface area (Å²) in [6.45, 7) is 2.05. The predicted molar refractivity (Wildman–Crippen MR) is 70.5 cm³/mol. The molecule has 114 valence electrons. The van der Waals surface area contributed by atoms with Crippen LogP contribution in [0, 0.1) is 5.92 Å². The fourth-order valence-electron chi connectivity index (χ4n) is 2.64. The van der Waals surface area contributed by atoms with Crippen LogP contribution in [0.4, 0.5) is 4.79 Å². The number of nitrogens with one attached hydrogen (secondary N) is 2. The van der Waals surface area contributed by atoms with E-state index in [1.165, 1.54) is 0 Å². The lowest BCUT2D eigenvalue weighted by Crippen LogP contribution is -2.48. The van der Waals surface area contributed by atoms with Gasteiger partial charge in [0.2, 0.25) is 0 Å². The smallest absolute Gasteiger partial charge is 0.315 e. The highest BCUT2D eigenvalue weighted by molar-refractivity contribution is 5.74. The minimum absolute atomic E-state index is 0.0617. The van der Waals surface area contributed by atoms with Crippen molar-refractivity contribution in [3.63, 3.8) is 0 Å². The minimum atomic E-state index is -0.773. The van der Waals surface area contributed by atoms with Gasteiger partial charge >= 0.3 is 12.0 Å². The van der Waals surface area contributed by atoms with Crippen LogP contribution in [0.15, 0.2) is 0 Å². The zero-order valence-electron chi connectivity index (χ0n) is 11.5. The van der Waals surface area contributed by atoms with E-state index in [0.717, 1.165) is 12.8 Å². The van der Waals surface area contributed by atoms with Gasteiger partial charge in [0.05, 0.1) is 31.8 Å². The maximum Gasteiger partial charge on any atom is 0.315 e. The predicted octanol–water partition coefficient (Wildman–Crippen LogP) is 0.344. The van der Waals surface area contributed by atoms with Gasteiger partial charge in [0.1, 0.15) is 0 Å². The summed E-state index contributed by atoms with van der Waals surface area (Å²) in [6, 6.07) is -0.330. The van der Waals surface area contributed by atoms with E-state index in [9.17, 15) is 9.59 Å². The van der Waals surface area contributed by atoms with Crippen molar-refractivity contribution in [1.82, 2.24) is 10.6 Å². The third-order valence-corrected chi connectivity index (χ3v) is 3.73. The number of carboxylic acids is 1. The molecule has 1 heterocycles. The number of aliphatic carboxylic acids is 1. The van der Waals surface area contributed by atoms with Crippen LogP contribution < -0.4 is 10.6 Å². The monoisotopic (exact) mass is 286 g/mol. The Labute approximate surface area is 118 Å². The third-order valence-electron chi connectivity index (χ3n) is 3.73. The summed E-state index contributed by atoms with van der Waals surface area (Å²) in [7, 11) is 0.